The molecule has 2 atom stereocenters. The van der Waals surface area contributed by atoms with Crippen molar-refractivity contribution in [1.29, 1.82) is 0 Å². The molecule has 0 N–H and O–H groups in total. The Kier molecular flexibility index (Phi) is 3.82. The summed E-state index contributed by atoms with van der Waals surface area (Å²) in [6.45, 7) is 5.20. The number of carbonyl (C=O) groups is 1. The largest absolute Gasteiger partial charge is 0.335 e. The molecule has 0 radical (unpaired) electrons. The maximum absolute atomic E-state index is 12.4. The summed E-state index contributed by atoms with van der Waals surface area (Å²) in [7, 11) is 0. The lowest BCUT2D eigenvalue weighted by Gasteiger charge is -2.36. The zero-order valence-electron chi connectivity index (χ0n) is 10.2. The number of pyridine rings is 1. The molecular weight excluding hydrogens is 280 g/mol. The SMILES string of the molecule is CC1CCN(C(=O)c2ncccc2Br)C(C)C1. The lowest BCUT2D eigenvalue weighted by atomic mass is 9.93. The molecule has 1 aromatic heterocycles. The van der Waals surface area contributed by atoms with Crippen molar-refractivity contribution in [2.75, 3.05) is 6.54 Å². The zero-order chi connectivity index (χ0) is 12.4. The quantitative estimate of drug-likeness (QED) is 0.798. The number of hydrogen-bond acceptors (Lipinski definition) is 2. The van der Waals surface area contributed by atoms with Gasteiger partial charge in [0.15, 0.2) is 0 Å². The molecule has 2 unspecified atom stereocenters. The van der Waals surface area contributed by atoms with Crippen LogP contribution in [0.3, 0.4) is 0 Å². The topological polar surface area (TPSA) is 33.2 Å². The molecule has 17 heavy (non-hydrogen) atoms. The predicted molar refractivity (Wildman–Crippen MR) is 70.8 cm³/mol. The minimum Gasteiger partial charge on any atom is -0.335 e. The van der Waals surface area contributed by atoms with Crippen LogP contribution in [-0.2, 0) is 0 Å². The van der Waals surface area contributed by atoms with Crippen molar-refractivity contribution >= 4 is 21.8 Å². The Morgan fingerprint density at radius 2 is 2.29 bits per heavy atom. The van der Waals surface area contributed by atoms with Crippen LogP contribution in [0.5, 0.6) is 0 Å². The molecule has 0 spiro atoms. The summed E-state index contributed by atoms with van der Waals surface area (Å²) >= 11 is 3.39. The summed E-state index contributed by atoms with van der Waals surface area (Å²) in [5, 5.41) is 0. The summed E-state index contributed by atoms with van der Waals surface area (Å²) in [6.07, 6.45) is 3.83. The Balaban J connectivity index is 2.18. The number of hydrogen-bond donors (Lipinski definition) is 0. The minimum absolute atomic E-state index is 0.0388. The second-order valence-electron chi connectivity index (χ2n) is 4.81. The van der Waals surface area contributed by atoms with Gasteiger partial charge in [-0.15, -0.1) is 0 Å². The lowest BCUT2D eigenvalue weighted by molar-refractivity contribution is 0.0581. The summed E-state index contributed by atoms with van der Waals surface area (Å²) in [4.78, 5) is 18.5. The van der Waals surface area contributed by atoms with Crippen molar-refractivity contribution in [1.82, 2.24) is 9.88 Å². The Hall–Kier alpha value is -0.900. The van der Waals surface area contributed by atoms with Gasteiger partial charge in [-0.1, -0.05) is 6.92 Å². The first-order chi connectivity index (χ1) is 8.09. The molecule has 1 fully saturated rings. The fraction of sp³-hybridized carbons (Fsp3) is 0.538. The highest BCUT2D eigenvalue weighted by Crippen LogP contribution is 2.25. The molecule has 4 heteroatoms. The van der Waals surface area contributed by atoms with Gasteiger partial charge in [-0.2, -0.15) is 0 Å². The van der Waals surface area contributed by atoms with E-state index in [1.54, 1.807) is 6.20 Å². The number of rotatable bonds is 1. The molecule has 2 heterocycles. The summed E-state index contributed by atoms with van der Waals surface area (Å²) in [5.41, 5.74) is 0.522. The Morgan fingerprint density at radius 3 is 2.94 bits per heavy atom. The lowest BCUT2D eigenvalue weighted by Crippen LogP contribution is -2.44. The van der Waals surface area contributed by atoms with Gasteiger partial charge in [0.2, 0.25) is 0 Å². The van der Waals surface area contributed by atoms with E-state index in [1.165, 1.54) is 0 Å². The summed E-state index contributed by atoms with van der Waals surface area (Å²) in [5.74, 6) is 0.748. The van der Waals surface area contributed by atoms with E-state index in [2.05, 4.69) is 34.8 Å². The van der Waals surface area contributed by atoms with Gasteiger partial charge < -0.3 is 4.90 Å². The molecule has 1 amide bonds. The van der Waals surface area contributed by atoms with Gasteiger partial charge in [0.1, 0.15) is 5.69 Å². The highest BCUT2D eigenvalue weighted by atomic mass is 79.9. The number of amides is 1. The first-order valence-electron chi connectivity index (χ1n) is 6.01. The van der Waals surface area contributed by atoms with Crippen molar-refractivity contribution in [3.05, 3.63) is 28.5 Å². The monoisotopic (exact) mass is 296 g/mol. The molecule has 1 aromatic rings. The molecule has 0 saturated carbocycles. The van der Waals surface area contributed by atoms with Gasteiger partial charge in [-0.05, 0) is 53.7 Å². The van der Waals surface area contributed by atoms with Crippen molar-refractivity contribution < 1.29 is 4.79 Å². The number of likely N-dealkylation sites (tertiary alicyclic amines) is 1. The van der Waals surface area contributed by atoms with Crippen LogP contribution in [-0.4, -0.2) is 28.4 Å². The van der Waals surface area contributed by atoms with Crippen LogP contribution in [0.1, 0.15) is 37.2 Å². The number of aromatic nitrogens is 1. The maximum Gasteiger partial charge on any atom is 0.273 e. The smallest absolute Gasteiger partial charge is 0.273 e. The average Bonchev–Trinajstić information content (AvgIpc) is 2.29. The third-order valence-corrected chi connectivity index (χ3v) is 4.00. The fourth-order valence-corrected chi connectivity index (χ4v) is 2.81. The standard InChI is InChI=1S/C13H17BrN2O/c1-9-5-7-16(10(2)8-9)13(17)12-11(14)4-3-6-15-12/h3-4,6,9-10H,5,7-8H2,1-2H3. The fourth-order valence-electron chi connectivity index (χ4n) is 2.39. The maximum atomic E-state index is 12.4. The molecule has 92 valence electrons. The predicted octanol–water partition coefficient (Wildman–Crippen LogP) is 3.10. The Labute approximate surface area is 110 Å². The normalized spacial score (nSPS) is 24.8. The first kappa shape index (κ1) is 12.6. The number of carbonyl (C=O) groups excluding carboxylic acids is 1. The molecule has 1 aliphatic heterocycles. The number of halogens is 1. The third kappa shape index (κ3) is 2.68. The van der Waals surface area contributed by atoms with Crippen molar-refractivity contribution in [2.24, 2.45) is 5.92 Å². The van der Waals surface area contributed by atoms with E-state index in [4.69, 9.17) is 0 Å². The Bertz CT molecular complexity index is 422. The van der Waals surface area contributed by atoms with Crippen molar-refractivity contribution in [3.8, 4) is 0 Å². The zero-order valence-corrected chi connectivity index (χ0v) is 11.8. The molecule has 1 saturated heterocycles. The van der Waals surface area contributed by atoms with E-state index >= 15 is 0 Å². The van der Waals surface area contributed by atoms with Gasteiger partial charge in [0, 0.05) is 23.3 Å². The van der Waals surface area contributed by atoms with Crippen molar-refractivity contribution in [2.45, 2.75) is 32.7 Å². The Morgan fingerprint density at radius 1 is 1.53 bits per heavy atom. The van der Waals surface area contributed by atoms with Gasteiger partial charge in [-0.3, -0.25) is 4.79 Å². The molecule has 0 aliphatic carbocycles. The summed E-state index contributed by atoms with van der Waals surface area (Å²) in [6, 6.07) is 3.99. The summed E-state index contributed by atoms with van der Waals surface area (Å²) < 4.78 is 0.774. The van der Waals surface area contributed by atoms with E-state index in [0.717, 1.165) is 23.9 Å². The van der Waals surface area contributed by atoms with Gasteiger partial charge in [-0.25, -0.2) is 4.98 Å². The van der Waals surface area contributed by atoms with Crippen LogP contribution in [0.2, 0.25) is 0 Å². The van der Waals surface area contributed by atoms with Crippen LogP contribution < -0.4 is 0 Å². The molecule has 0 bridgehead atoms. The number of nitrogens with zero attached hydrogens (tertiary/aromatic N) is 2. The van der Waals surface area contributed by atoms with E-state index in [-0.39, 0.29) is 5.91 Å². The van der Waals surface area contributed by atoms with Gasteiger partial charge in [0.25, 0.3) is 5.91 Å². The van der Waals surface area contributed by atoms with Crippen LogP contribution >= 0.6 is 15.9 Å². The second-order valence-corrected chi connectivity index (χ2v) is 5.67. The number of piperidine rings is 1. The third-order valence-electron chi connectivity index (χ3n) is 3.36. The van der Waals surface area contributed by atoms with Crippen LogP contribution in [0.15, 0.2) is 22.8 Å². The van der Waals surface area contributed by atoms with E-state index < -0.39 is 0 Å². The first-order valence-corrected chi connectivity index (χ1v) is 6.80. The molecule has 3 nitrogen and oxygen atoms in total. The van der Waals surface area contributed by atoms with Crippen molar-refractivity contribution in [3.63, 3.8) is 0 Å². The second kappa shape index (κ2) is 5.17. The molecule has 2 rings (SSSR count). The van der Waals surface area contributed by atoms with E-state index in [9.17, 15) is 4.79 Å². The van der Waals surface area contributed by atoms with Crippen LogP contribution in [0, 0.1) is 5.92 Å². The highest BCUT2D eigenvalue weighted by molar-refractivity contribution is 9.10. The highest BCUT2D eigenvalue weighted by Gasteiger charge is 2.28. The van der Waals surface area contributed by atoms with Crippen LogP contribution in [0.25, 0.3) is 0 Å². The molecule has 1 aliphatic rings. The van der Waals surface area contributed by atoms with Gasteiger partial charge >= 0.3 is 0 Å². The molecular formula is C13H17BrN2O. The van der Waals surface area contributed by atoms with Gasteiger partial charge in [0.05, 0.1) is 0 Å². The van der Waals surface area contributed by atoms with Crippen LogP contribution in [0.4, 0.5) is 0 Å². The average molecular weight is 297 g/mol. The minimum atomic E-state index is 0.0388. The molecule has 0 aromatic carbocycles. The van der Waals surface area contributed by atoms with E-state index in [1.807, 2.05) is 17.0 Å². The van der Waals surface area contributed by atoms with E-state index in [0.29, 0.717) is 17.7 Å².